The van der Waals surface area contributed by atoms with E-state index in [9.17, 15) is 18.0 Å². The lowest BCUT2D eigenvalue weighted by molar-refractivity contribution is 0.0706. The van der Waals surface area contributed by atoms with Gasteiger partial charge in [0, 0.05) is 46.0 Å². The molecule has 3 aromatic rings. The number of rotatable bonds is 5. The van der Waals surface area contributed by atoms with E-state index < -0.39 is 9.84 Å². The van der Waals surface area contributed by atoms with Crippen LogP contribution >= 0.6 is 34.2 Å². The van der Waals surface area contributed by atoms with Crippen molar-refractivity contribution in [3.8, 4) is 0 Å². The summed E-state index contributed by atoms with van der Waals surface area (Å²) in [5.74, 6) is -0.454. The number of fused-ring (bicyclic) bond motifs is 1. The van der Waals surface area contributed by atoms with E-state index in [2.05, 4.69) is 37.9 Å². The minimum atomic E-state index is -3.35. The van der Waals surface area contributed by atoms with Crippen LogP contribution in [0.1, 0.15) is 32.4 Å². The zero-order valence-corrected chi connectivity index (χ0v) is 21.2. The molecule has 2 aromatic heterocycles. The number of hydrogen-bond donors (Lipinski definition) is 1. The fraction of sp³-hybridized carbons (Fsp3) is 0.238. The summed E-state index contributed by atoms with van der Waals surface area (Å²) in [6.07, 6.45) is 4.22. The molecule has 0 aliphatic carbocycles. The third-order valence-corrected chi connectivity index (χ3v) is 6.60. The second kappa shape index (κ2) is 9.39. The first kappa shape index (κ1) is 23.6. The van der Waals surface area contributed by atoms with Gasteiger partial charge < -0.3 is 14.8 Å². The average Bonchev–Trinajstić information content (AvgIpc) is 3.15. The number of benzene rings is 1. The highest BCUT2D eigenvalue weighted by Gasteiger charge is 2.27. The Bertz CT molecular complexity index is 1340. The number of carbonyl (C=O) groups excluding carboxylic acids is 2. The molecule has 1 N–H and O–H groups in total. The number of amides is 2. The van der Waals surface area contributed by atoms with Crippen LogP contribution in [0.15, 0.2) is 42.7 Å². The van der Waals surface area contributed by atoms with E-state index in [1.165, 1.54) is 6.20 Å². The van der Waals surface area contributed by atoms with Crippen molar-refractivity contribution in [3.63, 3.8) is 0 Å². The molecule has 1 aliphatic rings. The number of carbonyl (C=O) groups is 2. The van der Waals surface area contributed by atoms with Gasteiger partial charge in [-0.1, -0.05) is 11.6 Å². The molecule has 0 fully saturated rings. The maximum atomic E-state index is 13.1. The van der Waals surface area contributed by atoms with E-state index in [0.717, 1.165) is 9.83 Å². The molecule has 2 amide bonds. The fourth-order valence-electron chi connectivity index (χ4n) is 3.52. The number of aromatic nitrogens is 3. The quantitative estimate of drug-likeness (QED) is 0.451. The Balaban J connectivity index is 1.51. The number of nitrogens with zero attached hydrogens (tertiary/aromatic N) is 4. The number of pyridine rings is 1. The van der Waals surface area contributed by atoms with E-state index in [1.54, 1.807) is 41.4 Å². The van der Waals surface area contributed by atoms with Crippen molar-refractivity contribution < 1.29 is 18.0 Å². The number of imidazole rings is 1. The maximum Gasteiger partial charge on any atom is 0.275 e. The molecule has 4 rings (SSSR count). The van der Waals surface area contributed by atoms with Gasteiger partial charge in [0.2, 0.25) is 0 Å². The zero-order valence-electron chi connectivity index (χ0n) is 17.5. The first-order chi connectivity index (χ1) is 15.6. The lowest BCUT2D eigenvalue weighted by Crippen LogP contribution is -2.38. The Morgan fingerprint density at radius 2 is 2.03 bits per heavy atom. The van der Waals surface area contributed by atoms with E-state index in [4.69, 9.17) is 11.6 Å². The highest BCUT2D eigenvalue weighted by molar-refractivity contribution is 14.1. The topological polar surface area (TPSA) is 114 Å². The van der Waals surface area contributed by atoms with Crippen LogP contribution in [0.3, 0.4) is 0 Å². The molecule has 12 heteroatoms. The van der Waals surface area contributed by atoms with Crippen molar-refractivity contribution in [3.05, 3.63) is 74.1 Å². The predicted molar refractivity (Wildman–Crippen MR) is 132 cm³/mol. The van der Waals surface area contributed by atoms with Crippen molar-refractivity contribution in [1.82, 2.24) is 19.4 Å². The molecule has 0 atom stereocenters. The summed E-state index contributed by atoms with van der Waals surface area (Å²) in [7, 11) is -3.35. The van der Waals surface area contributed by atoms with Crippen molar-refractivity contribution in [2.24, 2.45) is 0 Å². The third kappa shape index (κ3) is 5.71. The first-order valence-electron chi connectivity index (χ1n) is 9.83. The van der Waals surface area contributed by atoms with E-state index in [1.807, 2.05) is 4.57 Å². The van der Waals surface area contributed by atoms with Crippen LogP contribution in [-0.2, 0) is 28.7 Å². The minimum Gasteiger partial charge on any atom is -0.331 e. The molecule has 0 radical (unpaired) electrons. The second-order valence-corrected chi connectivity index (χ2v) is 11.5. The van der Waals surface area contributed by atoms with Gasteiger partial charge in [0.15, 0.2) is 9.84 Å². The third-order valence-electron chi connectivity index (χ3n) is 4.96. The van der Waals surface area contributed by atoms with Crippen LogP contribution in [0.25, 0.3) is 0 Å². The zero-order chi connectivity index (χ0) is 23.8. The van der Waals surface area contributed by atoms with Gasteiger partial charge in [0.25, 0.3) is 11.8 Å². The van der Waals surface area contributed by atoms with Crippen LogP contribution in [0, 0.1) is 3.57 Å². The van der Waals surface area contributed by atoms with Crippen molar-refractivity contribution in [2.45, 2.75) is 18.8 Å². The number of nitrogens with one attached hydrogen (secondary N) is 1. The van der Waals surface area contributed by atoms with Crippen LogP contribution < -0.4 is 5.32 Å². The summed E-state index contributed by atoms with van der Waals surface area (Å²) in [6, 6.07) is 8.40. The van der Waals surface area contributed by atoms with Crippen LogP contribution in [0.2, 0.25) is 5.02 Å². The van der Waals surface area contributed by atoms with Crippen LogP contribution in [0.4, 0.5) is 5.69 Å². The Labute approximate surface area is 209 Å². The minimum absolute atomic E-state index is 0.189. The predicted octanol–water partition coefficient (Wildman–Crippen LogP) is 2.99. The van der Waals surface area contributed by atoms with Gasteiger partial charge in [-0.15, -0.1) is 0 Å². The lowest BCUT2D eigenvalue weighted by atomic mass is 10.1. The molecule has 3 heterocycles. The molecular weight excluding hydrogens is 581 g/mol. The number of hydrogen-bond acceptors (Lipinski definition) is 6. The fourth-order valence-corrected chi connectivity index (χ4v) is 5.34. The summed E-state index contributed by atoms with van der Waals surface area (Å²) in [4.78, 5) is 35.9. The van der Waals surface area contributed by atoms with Gasteiger partial charge in [0.05, 0.1) is 23.6 Å². The Hall–Kier alpha value is -2.51. The van der Waals surface area contributed by atoms with Crippen molar-refractivity contribution in [1.29, 1.82) is 0 Å². The van der Waals surface area contributed by atoms with Gasteiger partial charge in [-0.2, -0.15) is 0 Å². The highest BCUT2D eigenvalue weighted by atomic mass is 127. The lowest BCUT2D eigenvalue weighted by Gasteiger charge is -2.28. The van der Waals surface area contributed by atoms with Gasteiger partial charge >= 0.3 is 0 Å². The summed E-state index contributed by atoms with van der Waals surface area (Å²) in [6.45, 7) is 1.04. The van der Waals surface area contributed by atoms with E-state index in [0.29, 0.717) is 29.6 Å². The number of sulfone groups is 1. The molecule has 1 aromatic carbocycles. The molecule has 0 saturated heterocycles. The van der Waals surface area contributed by atoms with E-state index in [-0.39, 0.29) is 41.1 Å². The largest absolute Gasteiger partial charge is 0.331 e. The van der Waals surface area contributed by atoms with Gasteiger partial charge in [0.1, 0.15) is 11.5 Å². The molecule has 0 bridgehead atoms. The normalized spacial score (nSPS) is 13.5. The summed E-state index contributed by atoms with van der Waals surface area (Å²) in [5, 5.41) is 3.30. The maximum absolute atomic E-state index is 13.1. The van der Waals surface area contributed by atoms with Crippen LogP contribution in [0.5, 0.6) is 0 Å². The molecule has 33 heavy (non-hydrogen) atoms. The summed E-state index contributed by atoms with van der Waals surface area (Å²) in [5.41, 5.74) is 1.26. The second-order valence-electron chi connectivity index (χ2n) is 7.64. The van der Waals surface area contributed by atoms with Crippen LogP contribution in [-0.4, -0.2) is 52.5 Å². The Morgan fingerprint density at radius 1 is 1.24 bits per heavy atom. The molecule has 1 aliphatic heterocycles. The molecule has 0 saturated carbocycles. The molecule has 0 unspecified atom stereocenters. The number of halogens is 2. The highest BCUT2D eigenvalue weighted by Crippen LogP contribution is 2.22. The van der Waals surface area contributed by atoms with Gasteiger partial charge in [-0.05, 0) is 52.9 Å². The van der Waals surface area contributed by atoms with Gasteiger partial charge in [-0.3, -0.25) is 14.6 Å². The number of anilines is 1. The van der Waals surface area contributed by atoms with Crippen molar-refractivity contribution in [2.75, 3.05) is 18.1 Å². The molecule has 172 valence electrons. The standard InChI is InChI=1S/C21H19ClIN5O4S/c1-33(31,32)12-18-16(3-2-4-24-18)21(30)28-6-5-27-10-17(26-19(27)11-28)20(29)25-15-8-13(22)7-14(23)9-15/h2-4,7-10H,5-6,11-12H2,1H3,(H,25,29). The van der Waals surface area contributed by atoms with Gasteiger partial charge in [-0.25, -0.2) is 13.4 Å². The Morgan fingerprint density at radius 3 is 2.76 bits per heavy atom. The summed E-state index contributed by atoms with van der Waals surface area (Å²) >= 11 is 8.17. The SMILES string of the molecule is CS(=O)(=O)Cc1ncccc1C(=O)N1CCn2cc(C(=O)Nc3cc(Cl)cc(I)c3)nc2C1. The van der Waals surface area contributed by atoms with Crippen molar-refractivity contribution >= 4 is 61.5 Å². The molecular formula is C21H19ClIN5O4S. The average molecular weight is 600 g/mol. The van der Waals surface area contributed by atoms with E-state index >= 15 is 0 Å². The molecule has 0 spiro atoms. The molecule has 9 nitrogen and oxygen atoms in total. The monoisotopic (exact) mass is 599 g/mol. The first-order valence-corrected chi connectivity index (χ1v) is 13.3. The Kier molecular flexibility index (Phi) is 6.73. The smallest absolute Gasteiger partial charge is 0.275 e. The summed E-state index contributed by atoms with van der Waals surface area (Å²) < 4.78 is 26.2.